The Kier molecular flexibility index (Phi) is 4.45. The first-order valence-electron chi connectivity index (χ1n) is 6.81. The lowest BCUT2D eigenvalue weighted by Crippen LogP contribution is -2.19. The summed E-state index contributed by atoms with van der Waals surface area (Å²) in [6, 6.07) is 4.96. The predicted octanol–water partition coefficient (Wildman–Crippen LogP) is 3.53. The van der Waals surface area contributed by atoms with Crippen molar-refractivity contribution in [1.82, 2.24) is 9.97 Å². The van der Waals surface area contributed by atoms with E-state index < -0.39 is 4.92 Å². The third kappa shape index (κ3) is 3.01. The third-order valence-corrected chi connectivity index (χ3v) is 3.30. The Bertz CT molecular complexity index is 615. The minimum absolute atomic E-state index is 0.0545. The Morgan fingerprint density at radius 1 is 1.35 bits per heavy atom. The molecule has 0 radical (unpaired) electrons. The van der Waals surface area contributed by atoms with Gasteiger partial charge in [0.15, 0.2) is 0 Å². The smallest absolute Gasteiger partial charge is 0.270 e. The minimum atomic E-state index is -0.403. The SMILES string of the molecule is CCCC(CC)Nc1ncnc2ccc([N+](=O)[O-])cc12. The Morgan fingerprint density at radius 3 is 2.80 bits per heavy atom. The summed E-state index contributed by atoms with van der Waals surface area (Å²) in [6.07, 6.45) is 4.58. The molecule has 0 bridgehead atoms. The fourth-order valence-corrected chi connectivity index (χ4v) is 2.19. The lowest BCUT2D eigenvalue weighted by molar-refractivity contribution is -0.384. The van der Waals surface area contributed by atoms with Crippen molar-refractivity contribution in [2.75, 3.05) is 5.32 Å². The normalized spacial score (nSPS) is 12.3. The average Bonchev–Trinajstić information content (AvgIpc) is 2.46. The lowest BCUT2D eigenvalue weighted by atomic mass is 10.1. The fourth-order valence-electron chi connectivity index (χ4n) is 2.19. The summed E-state index contributed by atoms with van der Waals surface area (Å²) in [6.45, 7) is 4.24. The maximum absolute atomic E-state index is 10.9. The van der Waals surface area contributed by atoms with Crippen molar-refractivity contribution >= 4 is 22.4 Å². The van der Waals surface area contributed by atoms with Crippen LogP contribution < -0.4 is 5.32 Å². The van der Waals surface area contributed by atoms with Gasteiger partial charge in [-0.1, -0.05) is 20.3 Å². The van der Waals surface area contributed by atoms with Crippen LogP contribution in [-0.4, -0.2) is 20.9 Å². The molecule has 0 aliphatic carbocycles. The average molecular weight is 274 g/mol. The number of nitro groups is 1. The van der Waals surface area contributed by atoms with Crippen LogP contribution in [0, 0.1) is 10.1 Å². The van der Waals surface area contributed by atoms with E-state index in [-0.39, 0.29) is 5.69 Å². The van der Waals surface area contributed by atoms with Crippen molar-refractivity contribution in [2.24, 2.45) is 0 Å². The number of nitrogens with one attached hydrogen (secondary N) is 1. The second kappa shape index (κ2) is 6.27. The first kappa shape index (κ1) is 14.2. The largest absolute Gasteiger partial charge is 0.367 e. The van der Waals surface area contributed by atoms with Crippen LogP contribution in [0.15, 0.2) is 24.5 Å². The van der Waals surface area contributed by atoms with Crippen LogP contribution in [0.1, 0.15) is 33.1 Å². The zero-order valence-electron chi connectivity index (χ0n) is 11.7. The Balaban J connectivity index is 2.41. The van der Waals surface area contributed by atoms with E-state index in [9.17, 15) is 10.1 Å². The zero-order valence-corrected chi connectivity index (χ0v) is 11.7. The van der Waals surface area contributed by atoms with Gasteiger partial charge in [-0.25, -0.2) is 9.97 Å². The standard InChI is InChI=1S/C14H18N4O2/c1-3-5-10(4-2)17-14-12-8-11(18(19)20)6-7-13(12)15-9-16-14/h6-10H,3-5H2,1-2H3,(H,15,16,17). The summed E-state index contributed by atoms with van der Waals surface area (Å²) in [4.78, 5) is 18.9. The van der Waals surface area contributed by atoms with Crippen molar-refractivity contribution in [2.45, 2.75) is 39.2 Å². The molecule has 1 unspecified atom stereocenters. The van der Waals surface area contributed by atoms with Crippen molar-refractivity contribution in [3.63, 3.8) is 0 Å². The molecule has 6 nitrogen and oxygen atoms in total. The fraction of sp³-hybridized carbons (Fsp3) is 0.429. The molecule has 106 valence electrons. The summed E-state index contributed by atoms with van der Waals surface area (Å²) >= 11 is 0. The lowest BCUT2D eigenvalue weighted by Gasteiger charge is -2.17. The quantitative estimate of drug-likeness (QED) is 0.643. The topological polar surface area (TPSA) is 81.0 Å². The van der Waals surface area contributed by atoms with Crippen molar-refractivity contribution < 1.29 is 4.92 Å². The van der Waals surface area contributed by atoms with Gasteiger partial charge in [0, 0.05) is 23.6 Å². The van der Waals surface area contributed by atoms with Gasteiger partial charge in [-0.2, -0.15) is 0 Å². The molecule has 2 aromatic rings. The van der Waals surface area contributed by atoms with Gasteiger partial charge >= 0.3 is 0 Å². The van der Waals surface area contributed by atoms with E-state index >= 15 is 0 Å². The number of hydrogen-bond acceptors (Lipinski definition) is 5. The third-order valence-electron chi connectivity index (χ3n) is 3.30. The van der Waals surface area contributed by atoms with E-state index in [1.54, 1.807) is 6.07 Å². The molecule has 0 saturated carbocycles. The van der Waals surface area contributed by atoms with Crippen molar-refractivity contribution in [1.29, 1.82) is 0 Å². The van der Waals surface area contributed by atoms with E-state index in [4.69, 9.17) is 0 Å². The Morgan fingerprint density at radius 2 is 2.15 bits per heavy atom. The second-order valence-corrected chi connectivity index (χ2v) is 4.72. The second-order valence-electron chi connectivity index (χ2n) is 4.72. The van der Waals surface area contributed by atoms with Crippen LogP contribution in [0.2, 0.25) is 0 Å². The predicted molar refractivity (Wildman–Crippen MR) is 78.8 cm³/mol. The number of benzene rings is 1. The number of rotatable bonds is 6. The number of nitro benzene ring substituents is 1. The summed E-state index contributed by atoms with van der Waals surface area (Å²) in [7, 11) is 0. The van der Waals surface area contributed by atoms with Crippen molar-refractivity contribution in [3.05, 3.63) is 34.6 Å². The highest BCUT2D eigenvalue weighted by molar-refractivity contribution is 5.90. The number of non-ortho nitro benzene ring substituents is 1. The van der Waals surface area contributed by atoms with Gasteiger partial charge in [0.2, 0.25) is 0 Å². The maximum Gasteiger partial charge on any atom is 0.270 e. The summed E-state index contributed by atoms with van der Waals surface area (Å²) in [5, 5.41) is 14.9. The van der Waals surface area contributed by atoms with Gasteiger partial charge in [-0.3, -0.25) is 10.1 Å². The Hall–Kier alpha value is -2.24. The maximum atomic E-state index is 10.9. The number of fused-ring (bicyclic) bond motifs is 1. The van der Waals surface area contributed by atoms with Gasteiger partial charge in [0.05, 0.1) is 10.4 Å². The van der Waals surface area contributed by atoms with Crippen LogP contribution in [0.25, 0.3) is 10.9 Å². The summed E-state index contributed by atoms with van der Waals surface area (Å²) in [5.41, 5.74) is 0.762. The molecule has 1 heterocycles. The summed E-state index contributed by atoms with van der Waals surface area (Å²) < 4.78 is 0. The highest BCUT2D eigenvalue weighted by Gasteiger charge is 2.13. The molecule has 0 saturated heterocycles. The molecule has 1 aromatic heterocycles. The first-order valence-corrected chi connectivity index (χ1v) is 6.81. The molecule has 1 aromatic carbocycles. The molecule has 0 aliphatic rings. The van der Waals surface area contributed by atoms with Crippen LogP contribution >= 0.6 is 0 Å². The van der Waals surface area contributed by atoms with E-state index in [1.165, 1.54) is 18.5 Å². The molecule has 1 atom stereocenters. The van der Waals surface area contributed by atoms with Crippen LogP contribution in [-0.2, 0) is 0 Å². The molecule has 0 amide bonds. The summed E-state index contributed by atoms with van der Waals surface area (Å²) in [5.74, 6) is 0.666. The number of anilines is 1. The highest BCUT2D eigenvalue weighted by atomic mass is 16.6. The van der Waals surface area contributed by atoms with Gasteiger partial charge in [0.25, 0.3) is 5.69 Å². The molecular formula is C14H18N4O2. The van der Waals surface area contributed by atoms with Crippen LogP contribution in [0.5, 0.6) is 0 Å². The first-order chi connectivity index (χ1) is 9.65. The van der Waals surface area contributed by atoms with E-state index in [2.05, 4.69) is 29.1 Å². The molecule has 6 heteroatoms. The number of nitrogens with zero attached hydrogens (tertiary/aromatic N) is 3. The van der Waals surface area contributed by atoms with E-state index in [0.717, 1.165) is 19.3 Å². The molecule has 0 fully saturated rings. The van der Waals surface area contributed by atoms with Crippen LogP contribution in [0.4, 0.5) is 11.5 Å². The van der Waals surface area contributed by atoms with Gasteiger partial charge in [0.1, 0.15) is 12.1 Å². The molecule has 0 spiro atoms. The van der Waals surface area contributed by atoms with Gasteiger partial charge < -0.3 is 5.32 Å². The van der Waals surface area contributed by atoms with E-state index in [1.807, 2.05) is 0 Å². The highest BCUT2D eigenvalue weighted by Crippen LogP contribution is 2.25. The molecular weight excluding hydrogens is 256 g/mol. The van der Waals surface area contributed by atoms with E-state index in [0.29, 0.717) is 22.8 Å². The van der Waals surface area contributed by atoms with Crippen LogP contribution in [0.3, 0.4) is 0 Å². The molecule has 20 heavy (non-hydrogen) atoms. The molecule has 1 N–H and O–H groups in total. The number of hydrogen-bond donors (Lipinski definition) is 1. The Labute approximate surface area is 117 Å². The number of aromatic nitrogens is 2. The van der Waals surface area contributed by atoms with Gasteiger partial charge in [-0.05, 0) is 18.9 Å². The minimum Gasteiger partial charge on any atom is -0.367 e. The zero-order chi connectivity index (χ0) is 14.5. The van der Waals surface area contributed by atoms with Gasteiger partial charge in [-0.15, -0.1) is 0 Å². The molecule has 0 aliphatic heterocycles. The van der Waals surface area contributed by atoms with Crippen molar-refractivity contribution in [3.8, 4) is 0 Å². The molecule has 2 rings (SSSR count). The monoisotopic (exact) mass is 274 g/mol.